The lowest BCUT2D eigenvalue weighted by molar-refractivity contribution is -0.132. The predicted molar refractivity (Wildman–Crippen MR) is 146 cm³/mol. The van der Waals surface area contributed by atoms with Gasteiger partial charge in [-0.05, 0) is 54.4 Å². The summed E-state index contributed by atoms with van der Waals surface area (Å²) in [4.78, 5) is 30.3. The second-order valence-corrected chi connectivity index (χ2v) is 9.25. The number of aliphatic hydroxyl groups excluding tert-OH is 1. The molecule has 37 heavy (non-hydrogen) atoms. The summed E-state index contributed by atoms with van der Waals surface area (Å²) in [6, 6.07) is 18.4. The van der Waals surface area contributed by atoms with Crippen LogP contribution in [0.25, 0.3) is 5.76 Å². The van der Waals surface area contributed by atoms with Crippen LogP contribution in [0.3, 0.4) is 0 Å². The second-order valence-electron chi connectivity index (χ2n) is 8.85. The smallest absolute Gasteiger partial charge is 0.300 e. The van der Waals surface area contributed by atoms with Crippen molar-refractivity contribution in [1.29, 1.82) is 0 Å². The van der Waals surface area contributed by atoms with Gasteiger partial charge in [0.25, 0.3) is 11.7 Å². The SMILES string of the molecule is CCCOc1cccc(N2C(=O)C(=O)/C(=C(/O)c3cc(OC)ccc3Cl)C2c2ccc(N(C)C)cc2)c1. The molecule has 0 aliphatic carbocycles. The van der Waals surface area contributed by atoms with Crippen molar-refractivity contribution in [2.45, 2.75) is 19.4 Å². The highest BCUT2D eigenvalue weighted by molar-refractivity contribution is 6.52. The van der Waals surface area contributed by atoms with E-state index in [-0.39, 0.29) is 21.9 Å². The summed E-state index contributed by atoms with van der Waals surface area (Å²) in [6.07, 6.45) is 0.828. The van der Waals surface area contributed by atoms with Gasteiger partial charge in [0.2, 0.25) is 0 Å². The molecule has 0 saturated carbocycles. The molecule has 0 spiro atoms. The quantitative estimate of drug-likeness (QED) is 0.229. The van der Waals surface area contributed by atoms with Crippen molar-refractivity contribution in [3.63, 3.8) is 0 Å². The number of Topliss-reactive ketones (excluding diaryl/α,β-unsaturated/α-hetero) is 1. The zero-order chi connectivity index (χ0) is 26.7. The van der Waals surface area contributed by atoms with Crippen LogP contribution in [-0.4, -0.2) is 44.6 Å². The number of anilines is 2. The van der Waals surface area contributed by atoms with Crippen molar-refractivity contribution >= 4 is 40.4 Å². The van der Waals surface area contributed by atoms with Crippen LogP contribution in [0.1, 0.15) is 30.5 Å². The number of hydrogen-bond donors (Lipinski definition) is 1. The Hall–Kier alpha value is -3.97. The van der Waals surface area contributed by atoms with Gasteiger partial charge < -0.3 is 19.5 Å². The third kappa shape index (κ3) is 5.13. The molecule has 8 heteroatoms. The number of halogens is 1. The number of carbonyl (C=O) groups excluding carboxylic acids is 2. The molecule has 4 rings (SSSR count). The van der Waals surface area contributed by atoms with E-state index in [1.54, 1.807) is 36.4 Å². The summed E-state index contributed by atoms with van der Waals surface area (Å²) >= 11 is 6.40. The number of hydrogen-bond acceptors (Lipinski definition) is 6. The van der Waals surface area contributed by atoms with Crippen LogP contribution in [0.2, 0.25) is 5.02 Å². The Morgan fingerprint density at radius 1 is 1.03 bits per heavy atom. The summed E-state index contributed by atoms with van der Waals surface area (Å²) in [6.45, 7) is 2.52. The Bertz CT molecular complexity index is 1350. The molecule has 3 aromatic rings. The Morgan fingerprint density at radius 3 is 2.41 bits per heavy atom. The van der Waals surface area contributed by atoms with Gasteiger partial charge >= 0.3 is 0 Å². The highest BCUT2D eigenvalue weighted by Gasteiger charge is 2.47. The first-order valence-corrected chi connectivity index (χ1v) is 12.3. The van der Waals surface area contributed by atoms with Crippen LogP contribution >= 0.6 is 11.6 Å². The minimum atomic E-state index is -0.889. The van der Waals surface area contributed by atoms with Crippen LogP contribution < -0.4 is 19.3 Å². The Kier molecular flexibility index (Phi) is 7.74. The lowest BCUT2D eigenvalue weighted by Crippen LogP contribution is -2.29. The van der Waals surface area contributed by atoms with Crippen LogP contribution in [0.4, 0.5) is 11.4 Å². The van der Waals surface area contributed by atoms with Gasteiger partial charge in [-0.25, -0.2) is 0 Å². The zero-order valence-electron chi connectivity index (χ0n) is 21.2. The molecule has 0 radical (unpaired) electrons. The number of carbonyl (C=O) groups is 2. The van der Waals surface area contributed by atoms with Gasteiger partial charge in [0, 0.05) is 37.1 Å². The average Bonchev–Trinajstić information content (AvgIpc) is 3.17. The Labute approximate surface area is 221 Å². The molecule has 7 nitrogen and oxygen atoms in total. The lowest BCUT2D eigenvalue weighted by Gasteiger charge is -2.26. The number of rotatable bonds is 8. The monoisotopic (exact) mass is 520 g/mol. The van der Waals surface area contributed by atoms with Gasteiger partial charge in [-0.3, -0.25) is 14.5 Å². The number of amides is 1. The molecule has 3 aromatic carbocycles. The van der Waals surface area contributed by atoms with E-state index in [1.807, 2.05) is 50.2 Å². The normalized spacial score (nSPS) is 16.7. The summed E-state index contributed by atoms with van der Waals surface area (Å²) in [5.41, 5.74) is 2.23. The fourth-order valence-corrected chi connectivity index (χ4v) is 4.48. The van der Waals surface area contributed by atoms with Gasteiger partial charge in [-0.2, -0.15) is 0 Å². The standard InChI is InChI=1S/C29H29ClN2O5/c1-5-15-37-22-8-6-7-20(16-22)32-26(18-9-11-19(12-10-18)31(2)3)25(28(34)29(32)35)27(33)23-17-21(36-4)13-14-24(23)30/h6-14,16-17,26,33H,5,15H2,1-4H3/b27-25+. The molecular weight excluding hydrogens is 492 g/mol. The van der Waals surface area contributed by atoms with Crippen LogP contribution in [0.15, 0.2) is 72.3 Å². The van der Waals surface area contributed by atoms with Crippen LogP contribution in [0.5, 0.6) is 11.5 Å². The molecule has 1 fully saturated rings. The van der Waals surface area contributed by atoms with E-state index in [0.717, 1.165) is 12.1 Å². The number of ether oxygens (including phenoxy) is 2. The van der Waals surface area contributed by atoms with Crippen LogP contribution in [0, 0.1) is 0 Å². The van der Waals surface area contributed by atoms with Gasteiger partial charge in [-0.1, -0.05) is 36.7 Å². The second kappa shape index (κ2) is 11.0. The third-order valence-corrected chi connectivity index (χ3v) is 6.50. The lowest BCUT2D eigenvalue weighted by atomic mass is 9.94. The summed E-state index contributed by atoms with van der Waals surface area (Å²) in [7, 11) is 5.34. The molecule has 192 valence electrons. The van der Waals surface area contributed by atoms with Crippen molar-refractivity contribution < 1.29 is 24.2 Å². The first-order chi connectivity index (χ1) is 17.8. The molecule has 0 aromatic heterocycles. The van der Waals surface area contributed by atoms with Crippen molar-refractivity contribution in [3.8, 4) is 11.5 Å². The summed E-state index contributed by atoms with van der Waals surface area (Å²) < 4.78 is 11.0. The first-order valence-electron chi connectivity index (χ1n) is 11.9. The average molecular weight is 521 g/mol. The zero-order valence-corrected chi connectivity index (χ0v) is 22.0. The van der Waals surface area contributed by atoms with Crippen LogP contribution in [-0.2, 0) is 9.59 Å². The molecule has 1 N–H and O–H groups in total. The number of ketones is 1. The fourth-order valence-electron chi connectivity index (χ4n) is 4.27. The molecule has 1 amide bonds. The maximum atomic E-state index is 13.5. The highest BCUT2D eigenvalue weighted by Crippen LogP contribution is 2.44. The highest BCUT2D eigenvalue weighted by atomic mass is 35.5. The van der Waals surface area contributed by atoms with E-state index in [9.17, 15) is 14.7 Å². The van der Waals surface area contributed by atoms with E-state index in [2.05, 4.69) is 0 Å². The largest absolute Gasteiger partial charge is 0.507 e. The minimum Gasteiger partial charge on any atom is -0.507 e. The van der Waals surface area contributed by atoms with Gasteiger partial charge in [-0.15, -0.1) is 0 Å². The predicted octanol–water partition coefficient (Wildman–Crippen LogP) is 5.83. The summed E-state index contributed by atoms with van der Waals surface area (Å²) in [5, 5.41) is 11.6. The van der Waals surface area contributed by atoms with Crippen molar-refractivity contribution in [2.75, 3.05) is 37.6 Å². The van der Waals surface area contributed by atoms with Gasteiger partial charge in [0.15, 0.2) is 0 Å². The molecular formula is C29H29ClN2O5. The topological polar surface area (TPSA) is 79.3 Å². The molecule has 1 aliphatic heterocycles. The molecule has 1 saturated heterocycles. The molecule has 1 heterocycles. The van der Waals surface area contributed by atoms with Crippen molar-refractivity contribution in [3.05, 3.63) is 88.5 Å². The van der Waals surface area contributed by atoms with Crippen molar-refractivity contribution in [1.82, 2.24) is 0 Å². The number of benzene rings is 3. The van der Waals surface area contributed by atoms with E-state index in [4.69, 9.17) is 21.1 Å². The molecule has 1 unspecified atom stereocenters. The third-order valence-electron chi connectivity index (χ3n) is 6.17. The van der Waals surface area contributed by atoms with Gasteiger partial charge in [0.05, 0.1) is 30.4 Å². The van der Waals surface area contributed by atoms with E-state index in [0.29, 0.717) is 29.4 Å². The first kappa shape index (κ1) is 26.1. The Morgan fingerprint density at radius 2 is 1.76 bits per heavy atom. The maximum absolute atomic E-state index is 13.5. The maximum Gasteiger partial charge on any atom is 0.300 e. The Balaban J connectivity index is 1.92. The number of aliphatic hydroxyl groups is 1. The van der Waals surface area contributed by atoms with Gasteiger partial charge in [0.1, 0.15) is 17.3 Å². The van der Waals surface area contributed by atoms with E-state index < -0.39 is 17.7 Å². The molecule has 1 aliphatic rings. The number of methoxy groups -OCH3 is 1. The molecule has 1 atom stereocenters. The molecule has 0 bridgehead atoms. The number of nitrogens with zero attached hydrogens (tertiary/aromatic N) is 2. The van der Waals surface area contributed by atoms with E-state index >= 15 is 0 Å². The van der Waals surface area contributed by atoms with E-state index in [1.165, 1.54) is 18.1 Å². The van der Waals surface area contributed by atoms with Crippen molar-refractivity contribution in [2.24, 2.45) is 0 Å². The minimum absolute atomic E-state index is 0.0577. The fraction of sp³-hybridized carbons (Fsp3) is 0.241. The summed E-state index contributed by atoms with van der Waals surface area (Å²) in [5.74, 6) is -0.899.